The second-order valence-electron chi connectivity index (χ2n) is 7.64. The monoisotopic (exact) mass is 423 g/mol. The summed E-state index contributed by atoms with van der Waals surface area (Å²) in [5, 5.41) is 10.8. The molecule has 0 unspecified atom stereocenters. The number of nitrogens with zero attached hydrogens (tertiary/aromatic N) is 5. The fourth-order valence-corrected chi connectivity index (χ4v) is 3.88. The number of nitro benzene ring substituents is 1. The van der Waals surface area contributed by atoms with Gasteiger partial charge in [0.1, 0.15) is 5.75 Å². The lowest BCUT2D eigenvalue weighted by Gasteiger charge is -2.34. The van der Waals surface area contributed by atoms with Crippen molar-refractivity contribution in [2.24, 2.45) is 0 Å². The van der Waals surface area contributed by atoms with Crippen LogP contribution in [0.1, 0.15) is 5.56 Å². The second kappa shape index (κ2) is 9.23. The molecule has 0 N–H and O–H groups in total. The van der Waals surface area contributed by atoms with Crippen LogP contribution in [0.15, 0.2) is 53.5 Å². The van der Waals surface area contributed by atoms with Crippen LogP contribution in [-0.4, -0.2) is 64.1 Å². The first-order valence-electron chi connectivity index (χ1n) is 10.2. The topological polar surface area (TPSA) is 93.7 Å². The molecule has 1 aromatic carbocycles. The molecule has 2 aromatic heterocycles. The highest BCUT2D eigenvalue weighted by Crippen LogP contribution is 2.17. The van der Waals surface area contributed by atoms with Crippen molar-refractivity contribution in [3.05, 3.63) is 74.7 Å². The number of rotatable bonds is 7. The van der Waals surface area contributed by atoms with Crippen LogP contribution >= 0.6 is 0 Å². The second-order valence-corrected chi connectivity index (χ2v) is 7.64. The van der Waals surface area contributed by atoms with Gasteiger partial charge in [-0.05, 0) is 11.6 Å². The predicted octanol–water partition coefficient (Wildman–Crippen LogP) is 2.13. The van der Waals surface area contributed by atoms with E-state index in [0.29, 0.717) is 12.3 Å². The number of benzene rings is 1. The lowest BCUT2D eigenvalue weighted by Crippen LogP contribution is -2.47. The fourth-order valence-electron chi connectivity index (χ4n) is 3.88. The first-order valence-corrected chi connectivity index (χ1v) is 10.2. The number of non-ortho nitro benzene ring substituents is 1. The summed E-state index contributed by atoms with van der Waals surface area (Å²) in [5.41, 5.74) is 2.70. The fraction of sp³-hybridized carbons (Fsp3) is 0.364. The van der Waals surface area contributed by atoms with Gasteiger partial charge in [-0.2, -0.15) is 0 Å². The summed E-state index contributed by atoms with van der Waals surface area (Å²) in [7, 11) is 1.59. The van der Waals surface area contributed by atoms with Crippen LogP contribution in [0.5, 0.6) is 5.75 Å². The first kappa shape index (κ1) is 21.0. The minimum atomic E-state index is -0.379. The van der Waals surface area contributed by atoms with Gasteiger partial charge in [0, 0.05) is 70.1 Å². The molecule has 9 heteroatoms. The molecule has 0 spiro atoms. The molecule has 1 fully saturated rings. The van der Waals surface area contributed by atoms with Crippen molar-refractivity contribution in [2.75, 3.05) is 39.8 Å². The van der Waals surface area contributed by atoms with Gasteiger partial charge in [0.05, 0.1) is 29.3 Å². The maximum absolute atomic E-state index is 12.5. The number of fused-ring (bicyclic) bond motifs is 1. The Balaban J connectivity index is 1.34. The Hall–Kier alpha value is -3.30. The van der Waals surface area contributed by atoms with Gasteiger partial charge in [0.25, 0.3) is 11.2 Å². The van der Waals surface area contributed by atoms with E-state index in [1.165, 1.54) is 0 Å². The van der Waals surface area contributed by atoms with E-state index < -0.39 is 0 Å². The number of aromatic nitrogens is 2. The summed E-state index contributed by atoms with van der Waals surface area (Å²) in [6.07, 6.45) is 1.65. The van der Waals surface area contributed by atoms with Gasteiger partial charge in [-0.25, -0.2) is 0 Å². The molecule has 1 aliphatic heterocycles. The standard InChI is InChI=1S/C22H25N5O4/c1-31-19-14-21-20(23-15-19)6-7-22(28)26(21)13-12-24-8-10-25(11-9-24)16-17-2-4-18(5-3-17)27(29)30/h2-7,14-15H,8-13,16H2,1H3. The summed E-state index contributed by atoms with van der Waals surface area (Å²) in [6.45, 7) is 5.80. The highest BCUT2D eigenvalue weighted by atomic mass is 16.6. The molecular formula is C22H25N5O4. The lowest BCUT2D eigenvalue weighted by atomic mass is 10.2. The highest BCUT2D eigenvalue weighted by molar-refractivity contribution is 5.75. The molecule has 0 saturated carbocycles. The average Bonchev–Trinajstić information content (AvgIpc) is 2.79. The number of nitro groups is 1. The van der Waals surface area contributed by atoms with Crippen molar-refractivity contribution in [1.29, 1.82) is 0 Å². The summed E-state index contributed by atoms with van der Waals surface area (Å²) >= 11 is 0. The van der Waals surface area contributed by atoms with Crippen molar-refractivity contribution < 1.29 is 9.66 Å². The summed E-state index contributed by atoms with van der Waals surface area (Å²) < 4.78 is 7.02. The Morgan fingerprint density at radius 2 is 1.74 bits per heavy atom. The number of hydrogen-bond donors (Lipinski definition) is 0. The van der Waals surface area contributed by atoms with Crippen molar-refractivity contribution in [3.63, 3.8) is 0 Å². The molecule has 0 amide bonds. The molecule has 0 radical (unpaired) electrons. The Labute approximate surface area is 179 Å². The first-order chi connectivity index (χ1) is 15.0. The molecule has 0 atom stereocenters. The lowest BCUT2D eigenvalue weighted by molar-refractivity contribution is -0.384. The summed E-state index contributed by atoms with van der Waals surface area (Å²) in [4.78, 5) is 31.9. The average molecular weight is 423 g/mol. The van der Waals surface area contributed by atoms with E-state index in [9.17, 15) is 14.9 Å². The van der Waals surface area contributed by atoms with Crippen molar-refractivity contribution in [3.8, 4) is 5.75 Å². The zero-order chi connectivity index (χ0) is 21.8. The SMILES string of the molecule is COc1cnc2ccc(=O)n(CCN3CCN(Cc4ccc([N+](=O)[O-])cc4)CC3)c2c1. The van der Waals surface area contributed by atoms with Crippen LogP contribution in [0, 0.1) is 10.1 Å². The van der Waals surface area contributed by atoms with E-state index >= 15 is 0 Å². The van der Waals surface area contributed by atoms with E-state index in [0.717, 1.165) is 55.9 Å². The van der Waals surface area contributed by atoms with Gasteiger partial charge in [0.2, 0.25) is 0 Å². The van der Waals surface area contributed by atoms with Gasteiger partial charge in [0.15, 0.2) is 0 Å². The highest BCUT2D eigenvalue weighted by Gasteiger charge is 2.18. The van der Waals surface area contributed by atoms with Gasteiger partial charge in [-0.1, -0.05) is 12.1 Å². The molecule has 0 aliphatic carbocycles. The van der Waals surface area contributed by atoms with E-state index in [4.69, 9.17) is 4.74 Å². The smallest absolute Gasteiger partial charge is 0.269 e. The molecule has 9 nitrogen and oxygen atoms in total. The van der Waals surface area contributed by atoms with Crippen LogP contribution in [0.4, 0.5) is 5.69 Å². The third kappa shape index (κ3) is 4.89. The van der Waals surface area contributed by atoms with Gasteiger partial charge < -0.3 is 9.30 Å². The van der Waals surface area contributed by atoms with E-state index in [1.54, 1.807) is 42.1 Å². The Morgan fingerprint density at radius 1 is 1.03 bits per heavy atom. The summed E-state index contributed by atoms with van der Waals surface area (Å²) in [6, 6.07) is 11.9. The molecule has 0 bridgehead atoms. The number of methoxy groups -OCH3 is 1. The normalized spacial score (nSPS) is 15.3. The van der Waals surface area contributed by atoms with Crippen molar-refractivity contribution in [1.82, 2.24) is 19.4 Å². The minimum absolute atomic E-state index is 0.0423. The van der Waals surface area contributed by atoms with E-state index in [-0.39, 0.29) is 16.2 Å². The third-order valence-corrected chi connectivity index (χ3v) is 5.71. The predicted molar refractivity (Wildman–Crippen MR) is 117 cm³/mol. The Bertz CT molecular complexity index is 1120. The maximum atomic E-state index is 12.5. The molecule has 3 aromatic rings. The Kier molecular flexibility index (Phi) is 6.24. The van der Waals surface area contributed by atoms with Crippen LogP contribution in [0.3, 0.4) is 0 Å². The largest absolute Gasteiger partial charge is 0.495 e. The van der Waals surface area contributed by atoms with Gasteiger partial charge in [-0.3, -0.25) is 29.7 Å². The van der Waals surface area contributed by atoms with Crippen molar-refractivity contribution >= 4 is 16.7 Å². The van der Waals surface area contributed by atoms with Gasteiger partial charge in [-0.15, -0.1) is 0 Å². The molecule has 162 valence electrons. The Morgan fingerprint density at radius 3 is 2.42 bits per heavy atom. The molecular weight excluding hydrogens is 398 g/mol. The minimum Gasteiger partial charge on any atom is -0.495 e. The zero-order valence-corrected chi connectivity index (χ0v) is 17.4. The summed E-state index contributed by atoms with van der Waals surface area (Å²) in [5.74, 6) is 0.631. The third-order valence-electron chi connectivity index (χ3n) is 5.71. The molecule has 31 heavy (non-hydrogen) atoms. The van der Waals surface area contributed by atoms with Crippen LogP contribution in [-0.2, 0) is 13.1 Å². The molecule has 3 heterocycles. The van der Waals surface area contributed by atoms with Crippen LogP contribution < -0.4 is 10.3 Å². The van der Waals surface area contributed by atoms with Crippen LogP contribution in [0.25, 0.3) is 11.0 Å². The number of pyridine rings is 2. The maximum Gasteiger partial charge on any atom is 0.269 e. The molecule has 4 rings (SSSR count). The van der Waals surface area contributed by atoms with Crippen molar-refractivity contribution in [2.45, 2.75) is 13.1 Å². The van der Waals surface area contributed by atoms with Crippen LogP contribution in [0.2, 0.25) is 0 Å². The zero-order valence-electron chi connectivity index (χ0n) is 17.4. The number of hydrogen-bond acceptors (Lipinski definition) is 7. The molecule has 1 aliphatic rings. The number of ether oxygens (including phenoxy) is 1. The van der Waals surface area contributed by atoms with E-state index in [1.807, 2.05) is 18.2 Å². The van der Waals surface area contributed by atoms with Gasteiger partial charge >= 0.3 is 0 Å². The van der Waals surface area contributed by atoms with E-state index in [2.05, 4.69) is 14.8 Å². The molecule has 1 saturated heterocycles. The number of piperazine rings is 1. The quantitative estimate of drug-likeness (QED) is 0.424.